The number of nitrogens with zero attached hydrogens (tertiary/aromatic N) is 1. The minimum absolute atomic E-state index is 0.0169. The van der Waals surface area contributed by atoms with E-state index >= 15 is 0 Å². The van der Waals surface area contributed by atoms with Crippen LogP contribution in [0.5, 0.6) is 0 Å². The maximum atomic E-state index is 10.9. The first-order valence-corrected chi connectivity index (χ1v) is 6.93. The van der Waals surface area contributed by atoms with Gasteiger partial charge < -0.3 is 14.8 Å². The van der Waals surface area contributed by atoms with Crippen LogP contribution in [0.4, 0.5) is 0 Å². The maximum absolute atomic E-state index is 10.9. The molecule has 1 fully saturated rings. The standard InChI is InChI=1S/C14H22N2O3/c1-3-16(11-6-8-15-9-7-11)10(2)12-4-5-13(19-12)14(17)18/h4-5,10-11,15H,3,6-9H2,1-2H3,(H,17,18). The van der Waals surface area contributed by atoms with Crippen LogP contribution < -0.4 is 5.32 Å². The Balaban J connectivity index is 2.10. The van der Waals surface area contributed by atoms with Gasteiger partial charge >= 0.3 is 5.97 Å². The van der Waals surface area contributed by atoms with Crippen molar-refractivity contribution in [2.75, 3.05) is 19.6 Å². The van der Waals surface area contributed by atoms with Gasteiger partial charge in [0.05, 0.1) is 6.04 Å². The average molecular weight is 266 g/mol. The molecule has 1 unspecified atom stereocenters. The summed E-state index contributed by atoms with van der Waals surface area (Å²) in [5.74, 6) is -0.260. The molecule has 0 spiro atoms. The SMILES string of the molecule is CCN(C1CCNCC1)C(C)c1ccc(C(=O)O)o1. The summed E-state index contributed by atoms with van der Waals surface area (Å²) < 4.78 is 5.42. The molecule has 0 amide bonds. The Labute approximate surface area is 113 Å². The van der Waals surface area contributed by atoms with E-state index < -0.39 is 5.97 Å². The molecule has 2 rings (SSSR count). The van der Waals surface area contributed by atoms with Crippen LogP contribution in [-0.4, -0.2) is 41.7 Å². The third-order valence-corrected chi connectivity index (χ3v) is 3.89. The molecule has 1 saturated heterocycles. The zero-order chi connectivity index (χ0) is 13.8. The number of rotatable bonds is 5. The third kappa shape index (κ3) is 3.16. The van der Waals surface area contributed by atoms with Crippen LogP contribution in [0.15, 0.2) is 16.5 Å². The van der Waals surface area contributed by atoms with Crippen LogP contribution in [0.3, 0.4) is 0 Å². The van der Waals surface area contributed by atoms with Crippen molar-refractivity contribution in [3.63, 3.8) is 0 Å². The minimum Gasteiger partial charge on any atom is -0.475 e. The molecule has 5 nitrogen and oxygen atoms in total. The van der Waals surface area contributed by atoms with Crippen molar-refractivity contribution < 1.29 is 14.3 Å². The van der Waals surface area contributed by atoms with E-state index in [1.54, 1.807) is 6.07 Å². The maximum Gasteiger partial charge on any atom is 0.371 e. The molecule has 1 aliphatic rings. The second-order valence-corrected chi connectivity index (χ2v) is 4.99. The zero-order valence-electron chi connectivity index (χ0n) is 11.6. The first-order valence-electron chi connectivity index (χ1n) is 6.93. The Hall–Kier alpha value is -1.33. The molecular weight excluding hydrogens is 244 g/mol. The number of carboxylic acid groups (broad SMARTS) is 1. The quantitative estimate of drug-likeness (QED) is 0.854. The molecule has 19 heavy (non-hydrogen) atoms. The highest BCUT2D eigenvalue weighted by atomic mass is 16.4. The predicted octanol–water partition coefficient (Wildman–Crippen LogP) is 2.11. The Kier molecular flexibility index (Phi) is 4.61. The number of hydrogen-bond donors (Lipinski definition) is 2. The van der Waals surface area contributed by atoms with Crippen molar-refractivity contribution in [3.05, 3.63) is 23.7 Å². The smallest absolute Gasteiger partial charge is 0.371 e. The van der Waals surface area contributed by atoms with Gasteiger partial charge in [0.25, 0.3) is 0 Å². The van der Waals surface area contributed by atoms with Crippen LogP contribution in [0.25, 0.3) is 0 Å². The molecule has 0 aliphatic carbocycles. The topological polar surface area (TPSA) is 65.7 Å². The van der Waals surface area contributed by atoms with E-state index in [0.717, 1.165) is 38.2 Å². The molecule has 2 N–H and O–H groups in total. The Bertz CT molecular complexity index is 424. The van der Waals surface area contributed by atoms with Gasteiger partial charge in [-0.25, -0.2) is 4.79 Å². The molecular formula is C14H22N2O3. The number of piperidine rings is 1. The van der Waals surface area contributed by atoms with Gasteiger partial charge in [-0.3, -0.25) is 4.90 Å². The van der Waals surface area contributed by atoms with Gasteiger partial charge in [-0.1, -0.05) is 6.92 Å². The van der Waals surface area contributed by atoms with Gasteiger partial charge in [-0.15, -0.1) is 0 Å². The lowest BCUT2D eigenvalue weighted by molar-refractivity contribution is 0.0650. The van der Waals surface area contributed by atoms with E-state index in [1.807, 2.05) is 0 Å². The second-order valence-electron chi connectivity index (χ2n) is 4.99. The predicted molar refractivity (Wildman–Crippen MR) is 72.4 cm³/mol. The van der Waals surface area contributed by atoms with Gasteiger partial charge in [0, 0.05) is 6.04 Å². The fraction of sp³-hybridized carbons (Fsp3) is 0.643. The lowest BCUT2D eigenvalue weighted by Gasteiger charge is -2.37. The highest BCUT2D eigenvalue weighted by Crippen LogP contribution is 2.27. The fourth-order valence-electron chi connectivity index (χ4n) is 2.84. The molecule has 1 aliphatic heterocycles. The van der Waals surface area contributed by atoms with Crippen molar-refractivity contribution in [1.82, 2.24) is 10.2 Å². The molecule has 2 heterocycles. The van der Waals surface area contributed by atoms with E-state index in [1.165, 1.54) is 6.07 Å². The van der Waals surface area contributed by atoms with Crippen molar-refractivity contribution >= 4 is 5.97 Å². The van der Waals surface area contributed by atoms with Gasteiger partial charge in [-0.2, -0.15) is 0 Å². The van der Waals surface area contributed by atoms with Gasteiger partial charge in [0.1, 0.15) is 5.76 Å². The summed E-state index contributed by atoms with van der Waals surface area (Å²) in [6, 6.07) is 3.96. The fourth-order valence-corrected chi connectivity index (χ4v) is 2.84. The Morgan fingerprint density at radius 3 is 2.74 bits per heavy atom. The minimum atomic E-state index is -1.01. The van der Waals surface area contributed by atoms with Crippen LogP contribution >= 0.6 is 0 Å². The van der Waals surface area contributed by atoms with E-state index in [0.29, 0.717) is 6.04 Å². The molecule has 5 heteroatoms. The van der Waals surface area contributed by atoms with E-state index in [4.69, 9.17) is 9.52 Å². The highest BCUT2D eigenvalue weighted by molar-refractivity contribution is 5.84. The first kappa shape index (κ1) is 14.1. The van der Waals surface area contributed by atoms with Crippen molar-refractivity contribution in [1.29, 1.82) is 0 Å². The summed E-state index contributed by atoms with van der Waals surface area (Å²) in [7, 11) is 0. The first-order chi connectivity index (χ1) is 9.13. The number of carboxylic acids is 1. The number of aromatic carboxylic acids is 1. The van der Waals surface area contributed by atoms with E-state index in [-0.39, 0.29) is 11.8 Å². The van der Waals surface area contributed by atoms with Crippen molar-refractivity contribution in [2.45, 2.75) is 38.8 Å². The van der Waals surface area contributed by atoms with Crippen LogP contribution in [0, 0.1) is 0 Å². The number of hydrogen-bond acceptors (Lipinski definition) is 4. The van der Waals surface area contributed by atoms with Gasteiger partial charge in [0.15, 0.2) is 0 Å². The number of nitrogens with one attached hydrogen (secondary N) is 1. The van der Waals surface area contributed by atoms with Gasteiger partial charge in [-0.05, 0) is 51.5 Å². The van der Waals surface area contributed by atoms with E-state index in [2.05, 4.69) is 24.1 Å². The lowest BCUT2D eigenvalue weighted by Crippen LogP contribution is -2.44. The lowest BCUT2D eigenvalue weighted by atomic mass is 10.0. The molecule has 0 saturated carbocycles. The summed E-state index contributed by atoms with van der Waals surface area (Å²) in [4.78, 5) is 13.3. The van der Waals surface area contributed by atoms with E-state index in [9.17, 15) is 4.79 Å². The summed E-state index contributed by atoms with van der Waals surface area (Å²) >= 11 is 0. The largest absolute Gasteiger partial charge is 0.475 e. The molecule has 0 aromatic carbocycles. The molecule has 0 radical (unpaired) electrons. The Morgan fingerprint density at radius 1 is 1.53 bits per heavy atom. The highest BCUT2D eigenvalue weighted by Gasteiger charge is 2.26. The Morgan fingerprint density at radius 2 is 2.21 bits per heavy atom. The zero-order valence-corrected chi connectivity index (χ0v) is 11.6. The number of furan rings is 1. The molecule has 1 atom stereocenters. The molecule has 0 bridgehead atoms. The summed E-state index contributed by atoms with van der Waals surface area (Å²) in [5.41, 5.74) is 0. The monoisotopic (exact) mass is 266 g/mol. The summed E-state index contributed by atoms with van der Waals surface area (Å²) in [6.07, 6.45) is 2.26. The summed E-state index contributed by atoms with van der Waals surface area (Å²) in [6.45, 7) is 7.25. The molecule has 106 valence electrons. The molecule has 1 aromatic heterocycles. The summed E-state index contributed by atoms with van der Waals surface area (Å²) in [5, 5.41) is 12.3. The van der Waals surface area contributed by atoms with Crippen molar-refractivity contribution in [2.24, 2.45) is 0 Å². The van der Waals surface area contributed by atoms with Crippen LogP contribution in [0.2, 0.25) is 0 Å². The van der Waals surface area contributed by atoms with Crippen LogP contribution in [-0.2, 0) is 0 Å². The normalized spacial score (nSPS) is 18.7. The third-order valence-electron chi connectivity index (χ3n) is 3.89. The number of carbonyl (C=O) groups is 1. The van der Waals surface area contributed by atoms with Crippen LogP contribution in [0.1, 0.15) is 49.0 Å². The second kappa shape index (κ2) is 6.21. The average Bonchev–Trinajstić information content (AvgIpc) is 2.90. The molecule has 1 aromatic rings. The van der Waals surface area contributed by atoms with Crippen molar-refractivity contribution in [3.8, 4) is 0 Å². The van der Waals surface area contributed by atoms with Gasteiger partial charge in [0.2, 0.25) is 5.76 Å².